The van der Waals surface area contributed by atoms with Gasteiger partial charge in [-0.25, -0.2) is 4.68 Å². The largest absolute Gasteiger partial charge is 0.395 e. The molecule has 72 valence electrons. The van der Waals surface area contributed by atoms with Crippen molar-refractivity contribution in [3.8, 4) is 5.69 Å². The molecule has 5 heteroatoms. The molecule has 0 aliphatic rings. The van der Waals surface area contributed by atoms with Gasteiger partial charge in [0, 0.05) is 4.47 Å². The number of anilines is 1. The second-order valence-electron chi connectivity index (χ2n) is 2.78. The third-order valence-electron chi connectivity index (χ3n) is 1.81. The van der Waals surface area contributed by atoms with E-state index in [2.05, 4.69) is 21.0 Å². The minimum absolute atomic E-state index is 0.437. The molecular weight excluding hydrogens is 265 g/mol. The van der Waals surface area contributed by atoms with E-state index in [1.54, 1.807) is 4.68 Å². The Morgan fingerprint density at radius 2 is 1.93 bits per heavy atom. The van der Waals surface area contributed by atoms with Gasteiger partial charge in [0.2, 0.25) is 0 Å². The molecule has 0 amide bonds. The average Bonchev–Trinajstić information content (AvgIpc) is 2.50. The summed E-state index contributed by atoms with van der Waals surface area (Å²) in [6, 6.07) is 7.65. The van der Waals surface area contributed by atoms with Crippen LogP contribution in [0.4, 0.5) is 5.69 Å². The lowest BCUT2D eigenvalue weighted by atomic mass is 10.3. The van der Waals surface area contributed by atoms with E-state index in [9.17, 15) is 0 Å². The predicted octanol–water partition coefficient (Wildman–Crippen LogP) is 2.87. The summed E-state index contributed by atoms with van der Waals surface area (Å²) in [6.45, 7) is 0. The number of halogens is 2. The van der Waals surface area contributed by atoms with Gasteiger partial charge in [-0.1, -0.05) is 27.5 Å². The van der Waals surface area contributed by atoms with Crippen molar-refractivity contribution in [1.29, 1.82) is 0 Å². The van der Waals surface area contributed by atoms with Crippen LogP contribution in [0.2, 0.25) is 5.15 Å². The van der Waals surface area contributed by atoms with Gasteiger partial charge < -0.3 is 5.73 Å². The maximum Gasteiger partial charge on any atom is 0.155 e. The van der Waals surface area contributed by atoms with E-state index in [4.69, 9.17) is 17.3 Å². The SMILES string of the molecule is Nc1cnn(-c2ccc(Br)cc2)c1Cl. The zero-order valence-corrected chi connectivity index (χ0v) is 9.46. The summed E-state index contributed by atoms with van der Waals surface area (Å²) >= 11 is 9.30. The first kappa shape index (κ1) is 9.55. The zero-order valence-electron chi connectivity index (χ0n) is 7.11. The third-order valence-corrected chi connectivity index (χ3v) is 2.71. The van der Waals surface area contributed by atoms with Crippen molar-refractivity contribution >= 4 is 33.2 Å². The van der Waals surface area contributed by atoms with Gasteiger partial charge in [-0.2, -0.15) is 5.10 Å². The van der Waals surface area contributed by atoms with Gasteiger partial charge in [-0.05, 0) is 24.3 Å². The van der Waals surface area contributed by atoms with E-state index >= 15 is 0 Å². The van der Waals surface area contributed by atoms with Gasteiger partial charge in [0.25, 0.3) is 0 Å². The quantitative estimate of drug-likeness (QED) is 0.867. The van der Waals surface area contributed by atoms with Crippen molar-refractivity contribution < 1.29 is 0 Å². The lowest BCUT2D eigenvalue weighted by Crippen LogP contribution is -1.95. The Balaban J connectivity index is 2.49. The Bertz CT molecular complexity index is 450. The van der Waals surface area contributed by atoms with Gasteiger partial charge in [-0.3, -0.25) is 0 Å². The minimum Gasteiger partial charge on any atom is -0.395 e. The van der Waals surface area contributed by atoms with E-state index in [-0.39, 0.29) is 0 Å². The van der Waals surface area contributed by atoms with Gasteiger partial charge in [0.15, 0.2) is 5.15 Å². The molecule has 0 aliphatic carbocycles. The zero-order chi connectivity index (χ0) is 10.1. The highest BCUT2D eigenvalue weighted by Gasteiger charge is 2.06. The molecule has 0 spiro atoms. The highest BCUT2D eigenvalue weighted by atomic mass is 79.9. The third kappa shape index (κ3) is 1.63. The van der Waals surface area contributed by atoms with Gasteiger partial charge in [0.1, 0.15) is 0 Å². The first-order valence-electron chi connectivity index (χ1n) is 3.93. The summed E-state index contributed by atoms with van der Waals surface area (Å²) < 4.78 is 2.60. The lowest BCUT2D eigenvalue weighted by molar-refractivity contribution is 0.881. The van der Waals surface area contributed by atoms with Crippen LogP contribution in [0.25, 0.3) is 5.69 Å². The Labute approximate surface area is 94.6 Å². The molecular formula is C9H7BrClN3. The van der Waals surface area contributed by atoms with Crippen molar-refractivity contribution in [2.24, 2.45) is 0 Å². The fourth-order valence-corrected chi connectivity index (χ4v) is 1.56. The van der Waals surface area contributed by atoms with Crippen LogP contribution in [0.15, 0.2) is 34.9 Å². The maximum atomic E-state index is 5.95. The Hall–Kier alpha value is -1.000. The van der Waals surface area contributed by atoms with Crippen molar-refractivity contribution in [2.75, 3.05) is 5.73 Å². The summed E-state index contributed by atoms with van der Waals surface area (Å²) in [5.41, 5.74) is 6.95. The molecule has 0 radical (unpaired) electrons. The van der Waals surface area contributed by atoms with E-state index in [1.807, 2.05) is 24.3 Å². The van der Waals surface area contributed by atoms with E-state index in [0.29, 0.717) is 10.8 Å². The summed E-state index contributed by atoms with van der Waals surface area (Å²) in [5.74, 6) is 0. The van der Waals surface area contributed by atoms with E-state index in [0.717, 1.165) is 10.2 Å². The Morgan fingerprint density at radius 1 is 1.29 bits per heavy atom. The van der Waals surface area contributed by atoms with Crippen molar-refractivity contribution in [1.82, 2.24) is 9.78 Å². The molecule has 1 aromatic heterocycles. The minimum atomic E-state index is 0.437. The van der Waals surface area contributed by atoms with Crippen LogP contribution in [0.3, 0.4) is 0 Å². The molecule has 0 fully saturated rings. The number of benzene rings is 1. The highest BCUT2D eigenvalue weighted by molar-refractivity contribution is 9.10. The fraction of sp³-hybridized carbons (Fsp3) is 0. The van der Waals surface area contributed by atoms with E-state index in [1.165, 1.54) is 6.20 Å². The Kier molecular flexibility index (Phi) is 2.48. The van der Waals surface area contributed by atoms with Crippen LogP contribution < -0.4 is 5.73 Å². The van der Waals surface area contributed by atoms with Crippen LogP contribution in [0.5, 0.6) is 0 Å². The molecule has 0 saturated carbocycles. The molecule has 1 aromatic carbocycles. The fourth-order valence-electron chi connectivity index (χ4n) is 1.11. The smallest absolute Gasteiger partial charge is 0.155 e. The van der Waals surface area contributed by atoms with Crippen LogP contribution in [-0.2, 0) is 0 Å². The molecule has 0 unspecified atom stereocenters. The van der Waals surface area contributed by atoms with E-state index < -0.39 is 0 Å². The number of nitrogens with two attached hydrogens (primary N) is 1. The van der Waals surface area contributed by atoms with Gasteiger partial charge >= 0.3 is 0 Å². The average molecular weight is 273 g/mol. The first-order chi connectivity index (χ1) is 6.68. The van der Waals surface area contributed by atoms with Gasteiger partial charge in [0.05, 0.1) is 17.6 Å². The molecule has 2 N–H and O–H groups in total. The topological polar surface area (TPSA) is 43.8 Å². The first-order valence-corrected chi connectivity index (χ1v) is 5.10. The van der Waals surface area contributed by atoms with Crippen molar-refractivity contribution in [3.63, 3.8) is 0 Å². The summed E-state index contributed by atoms with van der Waals surface area (Å²) in [6.07, 6.45) is 1.53. The number of nitrogen functional groups attached to an aromatic ring is 1. The summed E-state index contributed by atoms with van der Waals surface area (Å²) in [4.78, 5) is 0. The number of aromatic nitrogens is 2. The van der Waals surface area contributed by atoms with Crippen molar-refractivity contribution in [3.05, 3.63) is 40.1 Å². The second-order valence-corrected chi connectivity index (χ2v) is 4.05. The monoisotopic (exact) mass is 271 g/mol. The number of hydrogen-bond acceptors (Lipinski definition) is 2. The van der Waals surface area contributed by atoms with Crippen LogP contribution in [0.1, 0.15) is 0 Å². The second kappa shape index (κ2) is 3.63. The molecule has 0 aliphatic heterocycles. The summed E-state index contributed by atoms with van der Waals surface area (Å²) in [5, 5.41) is 4.50. The standard InChI is InChI=1S/C9H7BrClN3/c10-6-1-3-7(4-2-6)14-9(11)8(12)5-13-14/h1-5H,12H2. The maximum absolute atomic E-state index is 5.95. The van der Waals surface area contributed by atoms with Crippen LogP contribution >= 0.6 is 27.5 Å². The molecule has 14 heavy (non-hydrogen) atoms. The number of hydrogen-bond donors (Lipinski definition) is 1. The molecule has 0 bridgehead atoms. The number of nitrogens with zero attached hydrogens (tertiary/aromatic N) is 2. The highest BCUT2D eigenvalue weighted by Crippen LogP contribution is 2.22. The molecule has 1 heterocycles. The molecule has 2 aromatic rings. The van der Waals surface area contributed by atoms with Crippen LogP contribution in [-0.4, -0.2) is 9.78 Å². The molecule has 0 saturated heterocycles. The van der Waals surface area contributed by atoms with Crippen LogP contribution in [0, 0.1) is 0 Å². The normalized spacial score (nSPS) is 10.4. The number of rotatable bonds is 1. The molecule has 2 rings (SSSR count). The molecule has 3 nitrogen and oxygen atoms in total. The summed E-state index contributed by atoms with van der Waals surface area (Å²) in [7, 11) is 0. The molecule has 0 atom stereocenters. The van der Waals surface area contributed by atoms with Crippen molar-refractivity contribution in [2.45, 2.75) is 0 Å². The van der Waals surface area contributed by atoms with Gasteiger partial charge in [-0.15, -0.1) is 0 Å². The predicted molar refractivity (Wildman–Crippen MR) is 60.7 cm³/mol. The lowest BCUT2D eigenvalue weighted by Gasteiger charge is -2.02. The Morgan fingerprint density at radius 3 is 2.43 bits per heavy atom.